The van der Waals surface area contributed by atoms with Crippen molar-refractivity contribution in [3.8, 4) is 0 Å². The van der Waals surface area contributed by atoms with Gasteiger partial charge < -0.3 is 9.88 Å². The lowest BCUT2D eigenvalue weighted by Crippen LogP contribution is -2.34. The van der Waals surface area contributed by atoms with E-state index in [1.165, 1.54) is 11.1 Å². The van der Waals surface area contributed by atoms with Crippen LogP contribution in [0.15, 0.2) is 54.7 Å². The highest BCUT2D eigenvalue weighted by Gasteiger charge is 2.21. The molecule has 0 fully saturated rings. The highest BCUT2D eigenvalue weighted by atomic mass is 35.5. The van der Waals surface area contributed by atoms with Crippen LogP contribution in [0.25, 0.3) is 16.5 Å². The average molecular weight is 371 g/mol. The second-order valence-corrected chi connectivity index (χ2v) is 7.00. The van der Waals surface area contributed by atoms with E-state index in [1.807, 2.05) is 47.4 Å². The molecule has 1 N–H and O–H groups in total. The van der Waals surface area contributed by atoms with Gasteiger partial charge in [0.1, 0.15) is 0 Å². The molecule has 2 heterocycles. The fourth-order valence-electron chi connectivity index (χ4n) is 3.23. The van der Waals surface area contributed by atoms with Crippen LogP contribution in [-0.4, -0.2) is 28.9 Å². The van der Waals surface area contributed by atoms with Crippen molar-refractivity contribution < 1.29 is 4.79 Å². The van der Waals surface area contributed by atoms with E-state index in [1.54, 1.807) is 6.20 Å². The van der Waals surface area contributed by atoms with Crippen LogP contribution >= 0.6 is 23.2 Å². The molecule has 0 unspecified atom stereocenters. The van der Waals surface area contributed by atoms with Gasteiger partial charge in [0, 0.05) is 40.2 Å². The number of hydrogen-bond acceptors (Lipinski definition) is 1. The van der Waals surface area contributed by atoms with E-state index >= 15 is 0 Å². The topological polar surface area (TPSA) is 36.1 Å². The molecule has 1 aliphatic heterocycles. The number of nitrogens with one attached hydrogen (secondary N) is 1. The van der Waals surface area contributed by atoms with Crippen LogP contribution in [0.5, 0.6) is 0 Å². The molecule has 0 aliphatic carbocycles. The molecule has 1 amide bonds. The summed E-state index contributed by atoms with van der Waals surface area (Å²) in [6.45, 7) is 1.31. The van der Waals surface area contributed by atoms with Crippen molar-refractivity contribution in [3.63, 3.8) is 0 Å². The number of rotatable bonds is 2. The van der Waals surface area contributed by atoms with Gasteiger partial charge in [-0.15, -0.1) is 0 Å². The summed E-state index contributed by atoms with van der Waals surface area (Å²) in [5.74, 6) is 0.0416. The van der Waals surface area contributed by atoms with Gasteiger partial charge in [0.15, 0.2) is 0 Å². The third-order valence-corrected chi connectivity index (χ3v) is 5.07. The Kier molecular flexibility index (Phi) is 4.28. The van der Waals surface area contributed by atoms with Crippen molar-refractivity contribution in [1.29, 1.82) is 0 Å². The van der Waals surface area contributed by atoms with Crippen molar-refractivity contribution in [2.75, 3.05) is 13.1 Å². The predicted molar refractivity (Wildman–Crippen MR) is 103 cm³/mol. The van der Waals surface area contributed by atoms with Crippen molar-refractivity contribution in [2.24, 2.45) is 0 Å². The molecule has 4 rings (SSSR count). The molecule has 3 nitrogen and oxygen atoms in total. The van der Waals surface area contributed by atoms with Gasteiger partial charge in [-0.1, -0.05) is 47.5 Å². The lowest BCUT2D eigenvalue weighted by molar-refractivity contribution is 0.0775. The maximum absolute atomic E-state index is 12.9. The molecule has 3 aromatic rings. The number of fused-ring (bicyclic) bond motifs is 1. The van der Waals surface area contributed by atoms with Gasteiger partial charge in [-0.25, -0.2) is 0 Å². The smallest absolute Gasteiger partial charge is 0.256 e. The normalized spacial score (nSPS) is 14.6. The molecule has 5 heteroatoms. The molecule has 2 aromatic carbocycles. The average Bonchev–Trinajstić information content (AvgIpc) is 3.05. The van der Waals surface area contributed by atoms with E-state index in [4.69, 9.17) is 23.2 Å². The fraction of sp³-hybridized carbons (Fsp3) is 0.150. The fourth-order valence-corrected chi connectivity index (χ4v) is 3.52. The standard InChI is InChI=1S/C20H16Cl2N2O/c21-15-3-1-13(2-4-15)14-7-9-24(10-8-14)20(25)18-12-23-19-11-16(22)5-6-17(18)19/h1-7,11-12,23H,8-10H2. The summed E-state index contributed by atoms with van der Waals surface area (Å²) in [6, 6.07) is 13.4. The molecule has 1 aromatic heterocycles. The number of H-pyrrole nitrogens is 1. The van der Waals surface area contributed by atoms with Crippen LogP contribution in [0.3, 0.4) is 0 Å². The Bertz CT molecular complexity index is 973. The van der Waals surface area contributed by atoms with Gasteiger partial charge in [-0.2, -0.15) is 0 Å². The predicted octanol–water partition coefficient (Wildman–Crippen LogP) is 5.40. The van der Waals surface area contributed by atoms with Gasteiger partial charge in [0.2, 0.25) is 0 Å². The van der Waals surface area contributed by atoms with Gasteiger partial charge in [0.25, 0.3) is 5.91 Å². The first-order valence-electron chi connectivity index (χ1n) is 8.13. The summed E-state index contributed by atoms with van der Waals surface area (Å²) in [5.41, 5.74) is 3.99. The maximum Gasteiger partial charge on any atom is 0.256 e. The molecule has 0 bridgehead atoms. The second-order valence-electron chi connectivity index (χ2n) is 6.13. The number of amides is 1. The van der Waals surface area contributed by atoms with E-state index in [2.05, 4.69) is 11.1 Å². The minimum absolute atomic E-state index is 0.0416. The Hall–Kier alpha value is -2.23. The summed E-state index contributed by atoms with van der Waals surface area (Å²) >= 11 is 12.0. The number of halogens is 2. The Balaban J connectivity index is 1.55. The van der Waals surface area contributed by atoms with Gasteiger partial charge in [-0.3, -0.25) is 4.79 Å². The van der Waals surface area contributed by atoms with Crippen LogP contribution < -0.4 is 0 Å². The van der Waals surface area contributed by atoms with E-state index in [0.717, 1.165) is 22.3 Å². The molecule has 0 spiro atoms. The molecule has 0 saturated carbocycles. The van der Waals surface area contributed by atoms with Crippen molar-refractivity contribution >= 4 is 45.6 Å². The van der Waals surface area contributed by atoms with Crippen LogP contribution in [-0.2, 0) is 0 Å². The number of aromatic nitrogens is 1. The van der Waals surface area contributed by atoms with E-state index in [9.17, 15) is 4.79 Å². The van der Waals surface area contributed by atoms with E-state index in [-0.39, 0.29) is 5.91 Å². The minimum atomic E-state index is 0.0416. The summed E-state index contributed by atoms with van der Waals surface area (Å²) in [6.07, 6.45) is 4.72. The highest BCUT2D eigenvalue weighted by molar-refractivity contribution is 6.31. The molecular formula is C20H16Cl2N2O. The molecule has 126 valence electrons. The van der Waals surface area contributed by atoms with Crippen molar-refractivity contribution in [1.82, 2.24) is 9.88 Å². The monoisotopic (exact) mass is 370 g/mol. The first kappa shape index (κ1) is 16.2. The summed E-state index contributed by atoms with van der Waals surface area (Å²) < 4.78 is 0. The largest absolute Gasteiger partial charge is 0.360 e. The first-order valence-corrected chi connectivity index (χ1v) is 8.88. The molecule has 1 aliphatic rings. The van der Waals surface area contributed by atoms with Crippen LogP contribution in [0.2, 0.25) is 10.0 Å². The number of benzene rings is 2. The van der Waals surface area contributed by atoms with Gasteiger partial charge in [-0.05, 0) is 41.8 Å². The highest BCUT2D eigenvalue weighted by Crippen LogP contribution is 2.27. The molecule has 0 radical (unpaired) electrons. The maximum atomic E-state index is 12.9. The van der Waals surface area contributed by atoms with Crippen LogP contribution in [0.4, 0.5) is 0 Å². The summed E-state index contributed by atoms with van der Waals surface area (Å²) in [5, 5.41) is 2.29. The third-order valence-electron chi connectivity index (χ3n) is 4.59. The Morgan fingerprint density at radius 1 is 1.04 bits per heavy atom. The lowest BCUT2D eigenvalue weighted by atomic mass is 9.99. The number of hydrogen-bond donors (Lipinski definition) is 1. The molecule has 25 heavy (non-hydrogen) atoms. The van der Waals surface area contributed by atoms with Crippen LogP contribution in [0, 0.1) is 0 Å². The summed E-state index contributed by atoms with van der Waals surface area (Å²) in [4.78, 5) is 17.9. The third kappa shape index (κ3) is 3.17. The zero-order chi connectivity index (χ0) is 17.4. The zero-order valence-electron chi connectivity index (χ0n) is 13.4. The van der Waals surface area contributed by atoms with Crippen molar-refractivity contribution in [3.05, 3.63) is 75.9 Å². The lowest BCUT2D eigenvalue weighted by Gasteiger charge is -2.26. The van der Waals surface area contributed by atoms with Gasteiger partial charge >= 0.3 is 0 Å². The first-order chi connectivity index (χ1) is 12.1. The quantitative estimate of drug-likeness (QED) is 0.643. The number of nitrogens with zero attached hydrogens (tertiary/aromatic N) is 1. The Morgan fingerprint density at radius 2 is 1.80 bits per heavy atom. The SMILES string of the molecule is O=C(c1c[nH]c2cc(Cl)ccc12)N1CC=C(c2ccc(Cl)cc2)CC1. The van der Waals surface area contributed by atoms with E-state index < -0.39 is 0 Å². The number of aromatic amines is 1. The number of carbonyl (C=O) groups excluding carboxylic acids is 1. The minimum Gasteiger partial charge on any atom is -0.360 e. The molecule has 0 atom stereocenters. The Morgan fingerprint density at radius 3 is 2.52 bits per heavy atom. The summed E-state index contributed by atoms with van der Waals surface area (Å²) in [7, 11) is 0. The van der Waals surface area contributed by atoms with E-state index in [0.29, 0.717) is 23.7 Å². The molecule has 0 saturated heterocycles. The Labute approximate surface area is 155 Å². The number of carbonyl (C=O) groups is 1. The second kappa shape index (κ2) is 6.58. The zero-order valence-corrected chi connectivity index (χ0v) is 14.9. The molecular weight excluding hydrogens is 355 g/mol. The van der Waals surface area contributed by atoms with Crippen molar-refractivity contribution in [2.45, 2.75) is 6.42 Å². The van der Waals surface area contributed by atoms with Crippen LogP contribution in [0.1, 0.15) is 22.3 Å². The van der Waals surface area contributed by atoms with Gasteiger partial charge in [0.05, 0.1) is 5.56 Å².